The zero-order chi connectivity index (χ0) is 16.9. The number of nitriles is 1. The van der Waals surface area contributed by atoms with E-state index < -0.39 is 0 Å². The smallest absolute Gasteiger partial charge is 0.226 e. The largest absolute Gasteiger partial charge is 0.317 e. The standard InChI is InChI=1S/C19H27N3OS/c1-14-6-7-15-16(13-20)19(24-17(15)12-14)21-18(23)8-11-22-9-4-2-3-5-10-22/h14H,2-12H2,1H3,(H,21,23). The van der Waals surface area contributed by atoms with Gasteiger partial charge in [-0.3, -0.25) is 4.79 Å². The zero-order valence-corrected chi connectivity index (χ0v) is 15.4. The van der Waals surface area contributed by atoms with Crippen LogP contribution in [0.15, 0.2) is 0 Å². The number of anilines is 1. The fourth-order valence-electron chi connectivity index (χ4n) is 3.77. The Kier molecular flexibility index (Phi) is 5.91. The van der Waals surface area contributed by atoms with Crippen LogP contribution in [-0.4, -0.2) is 30.4 Å². The lowest BCUT2D eigenvalue weighted by Crippen LogP contribution is -2.28. The van der Waals surface area contributed by atoms with E-state index in [1.165, 1.54) is 36.1 Å². The number of hydrogen-bond acceptors (Lipinski definition) is 4. The predicted molar refractivity (Wildman–Crippen MR) is 98.4 cm³/mol. The van der Waals surface area contributed by atoms with E-state index in [4.69, 9.17) is 0 Å². The first-order valence-electron chi connectivity index (χ1n) is 9.24. The predicted octanol–water partition coefficient (Wildman–Crippen LogP) is 3.95. The van der Waals surface area contributed by atoms with Gasteiger partial charge in [-0.15, -0.1) is 11.3 Å². The van der Waals surface area contributed by atoms with E-state index in [2.05, 4.69) is 23.2 Å². The number of rotatable bonds is 4. The number of hydrogen-bond donors (Lipinski definition) is 1. The van der Waals surface area contributed by atoms with Crippen LogP contribution in [-0.2, 0) is 17.6 Å². The quantitative estimate of drug-likeness (QED) is 0.899. The Morgan fingerprint density at radius 2 is 2.08 bits per heavy atom. The molecule has 0 radical (unpaired) electrons. The zero-order valence-electron chi connectivity index (χ0n) is 14.6. The Labute approximate surface area is 148 Å². The summed E-state index contributed by atoms with van der Waals surface area (Å²) < 4.78 is 0. The minimum Gasteiger partial charge on any atom is -0.317 e. The van der Waals surface area contributed by atoms with Gasteiger partial charge in [0, 0.05) is 17.8 Å². The minimum atomic E-state index is 0.0439. The highest BCUT2D eigenvalue weighted by molar-refractivity contribution is 7.16. The third-order valence-corrected chi connectivity index (χ3v) is 6.40. The normalized spacial score (nSPS) is 21.6. The van der Waals surface area contributed by atoms with Crippen molar-refractivity contribution >= 4 is 22.2 Å². The van der Waals surface area contributed by atoms with Crippen LogP contribution in [0.5, 0.6) is 0 Å². The molecule has 4 nitrogen and oxygen atoms in total. The summed E-state index contributed by atoms with van der Waals surface area (Å²) in [5, 5.41) is 13.3. The molecule has 1 aliphatic heterocycles. The first-order valence-corrected chi connectivity index (χ1v) is 10.1. The third-order valence-electron chi connectivity index (χ3n) is 5.23. The molecule has 1 aliphatic carbocycles. The van der Waals surface area contributed by atoms with Crippen molar-refractivity contribution in [2.75, 3.05) is 25.0 Å². The van der Waals surface area contributed by atoms with Crippen LogP contribution < -0.4 is 5.32 Å². The van der Waals surface area contributed by atoms with Crippen molar-refractivity contribution in [3.63, 3.8) is 0 Å². The second-order valence-electron chi connectivity index (χ2n) is 7.22. The van der Waals surface area contributed by atoms with E-state index in [1.807, 2.05) is 0 Å². The van der Waals surface area contributed by atoms with Crippen LogP contribution in [0, 0.1) is 17.2 Å². The molecule has 0 spiro atoms. The Morgan fingerprint density at radius 3 is 2.79 bits per heavy atom. The van der Waals surface area contributed by atoms with Crippen molar-refractivity contribution < 1.29 is 4.79 Å². The summed E-state index contributed by atoms with van der Waals surface area (Å²) in [7, 11) is 0. The van der Waals surface area contributed by atoms with Gasteiger partial charge >= 0.3 is 0 Å². The number of nitrogens with zero attached hydrogens (tertiary/aromatic N) is 2. The van der Waals surface area contributed by atoms with Gasteiger partial charge in [0.25, 0.3) is 0 Å². The molecule has 1 amide bonds. The molecule has 1 fully saturated rings. The summed E-state index contributed by atoms with van der Waals surface area (Å²) in [5.41, 5.74) is 1.90. The summed E-state index contributed by atoms with van der Waals surface area (Å²) >= 11 is 1.62. The van der Waals surface area contributed by atoms with E-state index >= 15 is 0 Å². The van der Waals surface area contributed by atoms with E-state index in [-0.39, 0.29) is 5.91 Å². The van der Waals surface area contributed by atoms with Crippen LogP contribution in [0.25, 0.3) is 0 Å². The molecule has 1 unspecified atom stereocenters. The molecule has 24 heavy (non-hydrogen) atoms. The molecule has 1 saturated heterocycles. The Balaban J connectivity index is 1.59. The maximum Gasteiger partial charge on any atom is 0.226 e. The Bertz CT molecular complexity index is 623. The van der Waals surface area contributed by atoms with E-state index in [0.717, 1.165) is 43.9 Å². The maximum atomic E-state index is 12.3. The number of nitrogens with one attached hydrogen (secondary N) is 1. The average molecular weight is 346 g/mol. The van der Waals surface area contributed by atoms with Crippen molar-refractivity contribution in [2.24, 2.45) is 5.92 Å². The van der Waals surface area contributed by atoms with Crippen LogP contribution >= 0.6 is 11.3 Å². The highest BCUT2D eigenvalue weighted by Crippen LogP contribution is 2.39. The number of likely N-dealkylation sites (tertiary alicyclic amines) is 1. The molecule has 2 aliphatic rings. The summed E-state index contributed by atoms with van der Waals surface area (Å²) in [6.07, 6.45) is 8.79. The van der Waals surface area contributed by atoms with E-state index in [0.29, 0.717) is 17.9 Å². The second-order valence-corrected chi connectivity index (χ2v) is 8.33. The number of carbonyl (C=O) groups excluding carboxylic acids is 1. The van der Waals surface area contributed by atoms with Gasteiger partial charge in [0.05, 0.1) is 5.56 Å². The maximum absolute atomic E-state index is 12.3. The Hall–Kier alpha value is -1.38. The van der Waals surface area contributed by atoms with Crippen molar-refractivity contribution in [1.82, 2.24) is 4.90 Å². The Morgan fingerprint density at radius 1 is 1.33 bits per heavy atom. The highest BCUT2D eigenvalue weighted by Gasteiger charge is 2.24. The molecule has 1 aromatic heterocycles. The first-order chi connectivity index (χ1) is 11.7. The molecular formula is C19H27N3OS. The van der Waals surface area contributed by atoms with Gasteiger partial charge in [-0.25, -0.2) is 0 Å². The highest BCUT2D eigenvalue weighted by atomic mass is 32.1. The fraction of sp³-hybridized carbons (Fsp3) is 0.684. The topological polar surface area (TPSA) is 56.1 Å². The first kappa shape index (κ1) is 17.4. The summed E-state index contributed by atoms with van der Waals surface area (Å²) in [4.78, 5) is 16.0. The van der Waals surface area contributed by atoms with Crippen LogP contribution in [0.3, 0.4) is 0 Å². The number of carbonyl (C=O) groups is 1. The van der Waals surface area contributed by atoms with Crippen molar-refractivity contribution in [1.29, 1.82) is 5.26 Å². The molecule has 3 rings (SSSR count). The average Bonchev–Trinajstić information content (AvgIpc) is 2.73. The summed E-state index contributed by atoms with van der Waals surface area (Å²) in [6, 6.07) is 2.32. The third kappa shape index (κ3) is 4.17. The summed E-state index contributed by atoms with van der Waals surface area (Å²) in [6.45, 7) is 5.31. The van der Waals surface area contributed by atoms with Gasteiger partial charge in [-0.05, 0) is 56.7 Å². The molecule has 1 atom stereocenters. The van der Waals surface area contributed by atoms with Crippen molar-refractivity contribution in [2.45, 2.75) is 58.3 Å². The summed E-state index contributed by atoms with van der Waals surface area (Å²) in [5.74, 6) is 0.719. The van der Waals surface area contributed by atoms with E-state index in [9.17, 15) is 10.1 Å². The van der Waals surface area contributed by atoms with Gasteiger partial charge in [-0.1, -0.05) is 19.8 Å². The molecule has 130 valence electrons. The molecule has 1 N–H and O–H groups in total. The van der Waals surface area contributed by atoms with Gasteiger partial charge < -0.3 is 10.2 Å². The molecule has 5 heteroatoms. The minimum absolute atomic E-state index is 0.0439. The van der Waals surface area contributed by atoms with Gasteiger partial charge in [0.1, 0.15) is 11.1 Å². The lowest BCUT2D eigenvalue weighted by atomic mass is 9.89. The SMILES string of the molecule is CC1CCc2c(sc(NC(=O)CCN3CCCCCC3)c2C#N)C1. The molecule has 0 saturated carbocycles. The van der Waals surface area contributed by atoms with Gasteiger partial charge in [0.2, 0.25) is 5.91 Å². The van der Waals surface area contributed by atoms with Crippen molar-refractivity contribution in [3.05, 3.63) is 16.0 Å². The van der Waals surface area contributed by atoms with Crippen LogP contribution in [0.1, 0.15) is 61.5 Å². The molecule has 1 aromatic rings. The number of fused-ring (bicyclic) bond motifs is 1. The fourth-order valence-corrected chi connectivity index (χ4v) is 5.14. The van der Waals surface area contributed by atoms with Crippen LogP contribution in [0.2, 0.25) is 0 Å². The van der Waals surface area contributed by atoms with Crippen LogP contribution in [0.4, 0.5) is 5.00 Å². The van der Waals surface area contributed by atoms with E-state index in [1.54, 1.807) is 11.3 Å². The lowest BCUT2D eigenvalue weighted by Gasteiger charge is -2.19. The molecule has 2 heterocycles. The molecule has 0 bridgehead atoms. The number of thiophene rings is 1. The van der Waals surface area contributed by atoms with Gasteiger partial charge in [-0.2, -0.15) is 5.26 Å². The molecule has 0 aromatic carbocycles. The molecular weight excluding hydrogens is 318 g/mol. The lowest BCUT2D eigenvalue weighted by molar-refractivity contribution is -0.116. The number of amides is 1. The van der Waals surface area contributed by atoms with Gasteiger partial charge in [0.15, 0.2) is 0 Å². The second kappa shape index (κ2) is 8.13. The monoisotopic (exact) mass is 345 g/mol. The van der Waals surface area contributed by atoms with Crippen molar-refractivity contribution in [3.8, 4) is 6.07 Å².